The zero-order valence-corrected chi connectivity index (χ0v) is 13.7. The van der Waals surface area contributed by atoms with E-state index in [4.69, 9.17) is 4.74 Å². The van der Waals surface area contributed by atoms with E-state index in [0.29, 0.717) is 16.0 Å². The lowest BCUT2D eigenvalue weighted by molar-refractivity contribution is -0.142. The van der Waals surface area contributed by atoms with E-state index in [2.05, 4.69) is 21.2 Å². The standard InChI is InChI=1S/C13H15BrFNO3S/c1-4-19-13(18)7(2)20-12-6-11(16-8(3)17)10(15)5-9(12)14/h5-7H,4H2,1-3H3,(H,16,17). The van der Waals surface area contributed by atoms with Crippen molar-refractivity contribution in [1.29, 1.82) is 0 Å². The highest BCUT2D eigenvalue weighted by atomic mass is 79.9. The van der Waals surface area contributed by atoms with Gasteiger partial charge in [-0.15, -0.1) is 11.8 Å². The molecule has 20 heavy (non-hydrogen) atoms. The lowest BCUT2D eigenvalue weighted by Gasteiger charge is -2.13. The summed E-state index contributed by atoms with van der Waals surface area (Å²) in [5, 5.41) is 1.98. The number of hydrogen-bond donors (Lipinski definition) is 1. The summed E-state index contributed by atoms with van der Waals surface area (Å²) >= 11 is 4.47. The fourth-order valence-corrected chi connectivity index (χ4v) is 2.90. The molecule has 0 fully saturated rings. The summed E-state index contributed by atoms with van der Waals surface area (Å²) in [5.74, 6) is -1.24. The predicted molar refractivity (Wildman–Crippen MR) is 80.4 cm³/mol. The molecule has 0 aliphatic carbocycles. The third-order valence-electron chi connectivity index (χ3n) is 2.25. The molecule has 1 atom stereocenters. The number of benzene rings is 1. The molecule has 0 aliphatic rings. The molecule has 1 rings (SSSR count). The van der Waals surface area contributed by atoms with E-state index in [-0.39, 0.29) is 17.6 Å². The Balaban J connectivity index is 2.94. The molecule has 1 aromatic rings. The molecule has 4 nitrogen and oxygen atoms in total. The molecule has 110 valence electrons. The zero-order valence-electron chi connectivity index (χ0n) is 11.3. The van der Waals surface area contributed by atoms with Crippen LogP contribution in [0.5, 0.6) is 0 Å². The van der Waals surface area contributed by atoms with Crippen molar-refractivity contribution in [3.05, 3.63) is 22.4 Å². The van der Waals surface area contributed by atoms with Crippen molar-refractivity contribution in [3.8, 4) is 0 Å². The van der Waals surface area contributed by atoms with Gasteiger partial charge >= 0.3 is 5.97 Å². The molecule has 0 radical (unpaired) electrons. The molecule has 0 saturated heterocycles. The van der Waals surface area contributed by atoms with Gasteiger partial charge in [-0.2, -0.15) is 0 Å². The minimum atomic E-state index is -0.541. The number of thioether (sulfide) groups is 1. The highest BCUT2D eigenvalue weighted by Gasteiger charge is 2.18. The Morgan fingerprint density at radius 2 is 2.15 bits per heavy atom. The Hall–Kier alpha value is -1.08. The number of ether oxygens (including phenoxy) is 1. The Morgan fingerprint density at radius 1 is 1.50 bits per heavy atom. The van der Waals surface area contributed by atoms with E-state index in [1.807, 2.05) is 0 Å². The summed E-state index contributed by atoms with van der Waals surface area (Å²) in [6.07, 6.45) is 0. The number of amides is 1. The number of carbonyl (C=O) groups excluding carboxylic acids is 2. The van der Waals surface area contributed by atoms with Crippen LogP contribution in [0.25, 0.3) is 0 Å². The number of halogens is 2. The minimum Gasteiger partial charge on any atom is -0.465 e. The molecule has 1 unspecified atom stereocenters. The largest absolute Gasteiger partial charge is 0.465 e. The minimum absolute atomic E-state index is 0.0826. The first-order chi connectivity index (χ1) is 9.35. The van der Waals surface area contributed by atoms with Crippen molar-refractivity contribution in [1.82, 2.24) is 0 Å². The summed E-state index contributed by atoms with van der Waals surface area (Å²) in [5.41, 5.74) is 0.0826. The van der Waals surface area contributed by atoms with Gasteiger partial charge in [0, 0.05) is 16.3 Å². The van der Waals surface area contributed by atoms with Crippen LogP contribution in [0.15, 0.2) is 21.5 Å². The van der Waals surface area contributed by atoms with Crippen LogP contribution < -0.4 is 5.32 Å². The summed E-state index contributed by atoms with van der Waals surface area (Å²) in [7, 11) is 0. The monoisotopic (exact) mass is 363 g/mol. The molecule has 0 aliphatic heterocycles. The second kappa shape index (κ2) is 7.64. The Labute approximate surface area is 129 Å². The van der Waals surface area contributed by atoms with Gasteiger partial charge in [0.2, 0.25) is 5.91 Å². The first kappa shape index (κ1) is 17.0. The van der Waals surface area contributed by atoms with Gasteiger partial charge in [0.1, 0.15) is 11.1 Å². The number of esters is 1. The third kappa shape index (κ3) is 4.79. The Kier molecular flexibility index (Phi) is 6.48. The molecule has 7 heteroatoms. The molecule has 0 heterocycles. The average molecular weight is 364 g/mol. The maximum Gasteiger partial charge on any atom is 0.319 e. The van der Waals surface area contributed by atoms with Crippen LogP contribution in [0.3, 0.4) is 0 Å². The molecular weight excluding hydrogens is 349 g/mol. The molecular formula is C13H15BrFNO3S. The summed E-state index contributed by atoms with van der Waals surface area (Å²) in [6, 6.07) is 2.74. The van der Waals surface area contributed by atoms with Gasteiger partial charge in [0.25, 0.3) is 0 Å². The first-order valence-corrected chi connectivity index (χ1v) is 7.62. The maximum absolute atomic E-state index is 13.7. The SMILES string of the molecule is CCOC(=O)C(C)Sc1cc(NC(C)=O)c(F)cc1Br. The Bertz CT molecular complexity index is 525. The highest BCUT2D eigenvalue weighted by molar-refractivity contribution is 9.10. The fourth-order valence-electron chi connectivity index (χ4n) is 1.40. The van der Waals surface area contributed by atoms with Crippen molar-refractivity contribution < 1.29 is 18.7 Å². The van der Waals surface area contributed by atoms with Crippen LogP contribution in [0, 0.1) is 5.82 Å². The average Bonchev–Trinajstić information content (AvgIpc) is 2.34. The second-order valence-electron chi connectivity index (χ2n) is 3.96. The van der Waals surface area contributed by atoms with Crippen LogP contribution in [0.4, 0.5) is 10.1 Å². The molecule has 1 amide bonds. The number of anilines is 1. The smallest absolute Gasteiger partial charge is 0.319 e. The van der Waals surface area contributed by atoms with Gasteiger partial charge < -0.3 is 10.1 Å². The van der Waals surface area contributed by atoms with Crippen molar-refractivity contribution in [2.24, 2.45) is 0 Å². The zero-order chi connectivity index (χ0) is 15.3. The highest BCUT2D eigenvalue weighted by Crippen LogP contribution is 2.34. The van der Waals surface area contributed by atoms with Gasteiger partial charge in [-0.1, -0.05) is 0 Å². The number of nitrogens with one attached hydrogen (secondary N) is 1. The maximum atomic E-state index is 13.7. The van der Waals surface area contributed by atoms with E-state index in [0.717, 1.165) is 0 Å². The van der Waals surface area contributed by atoms with Crippen LogP contribution in [-0.2, 0) is 14.3 Å². The van der Waals surface area contributed by atoms with E-state index in [1.165, 1.54) is 30.8 Å². The number of rotatable bonds is 5. The van der Waals surface area contributed by atoms with Crippen LogP contribution >= 0.6 is 27.7 Å². The van der Waals surface area contributed by atoms with Crippen LogP contribution in [0.2, 0.25) is 0 Å². The lowest BCUT2D eigenvalue weighted by Crippen LogP contribution is -2.16. The topological polar surface area (TPSA) is 55.4 Å². The predicted octanol–water partition coefficient (Wildman–Crippen LogP) is 3.59. The Morgan fingerprint density at radius 3 is 2.70 bits per heavy atom. The lowest BCUT2D eigenvalue weighted by atomic mass is 10.3. The molecule has 1 aromatic carbocycles. The molecule has 0 aromatic heterocycles. The van der Waals surface area contributed by atoms with Crippen LogP contribution in [-0.4, -0.2) is 23.7 Å². The van der Waals surface area contributed by atoms with Gasteiger partial charge in [0.05, 0.1) is 12.3 Å². The van der Waals surface area contributed by atoms with Gasteiger partial charge in [0.15, 0.2) is 0 Å². The van der Waals surface area contributed by atoms with Crippen molar-refractivity contribution in [2.45, 2.75) is 30.9 Å². The summed E-state index contributed by atoms with van der Waals surface area (Å²) in [6.45, 7) is 5.05. The fraction of sp³-hybridized carbons (Fsp3) is 0.385. The van der Waals surface area contributed by atoms with Crippen molar-refractivity contribution in [3.63, 3.8) is 0 Å². The van der Waals surface area contributed by atoms with E-state index in [1.54, 1.807) is 13.8 Å². The second-order valence-corrected chi connectivity index (χ2v) is 6.19. The number of hydrogen-bond acceptors (Lipinski definition) is 4. The molecule has 0 bridgehead atoms. The first-order valence-electron chi connectivity index (χ1n) is 5.95. The van der Waals surface area contributed by atoms with Crippen LogP contribution in [0.1, 0.15) is 20.8 Å². The summed E-state index contributed by atoms with van der Waals surface area (Å²) in [4.78, 5) is 23.2. The van der Waals surface area contributed by atoms with Gasteiger partial charge in [-0.25, -0.2) is 4.39 Å². The van der Waals surface area contributed by atoms with Gasteiger partial charge in [-0.3, -0.25) is 9.59 Å². The van der Waals surface area contributed by atoms with Crippen molar-refractivity contribution in [2.75, 3.05) is 11.9 Å². The van der Waals surface area contributed by atoms with E-state index in [9.17, 15) is 14.0 Å². The third-order valence-corrected chi connectivity index (χ3v) is 4.31. The normalized spacial score (nSPS) is 11.8. The molecule has 1 N–H and O–H groups in total. The molecule has 0 saturated carbocycles. The quantitative estimate of drug-likeness (QED) is 0.641. The molecule has 0 spiro atoms. The number of carbonyl (C=O) groups is 2. The van der Waals surface area contributed by atoms with Crippen molar-refractivity contribution >= 4 is 45.3 Å². The van der Waals surface area contributed by atoms with E-state index < -0.39 is 11.1 Å². The van der Waals surface area contributed by atoms with Gasteiger partial charge in [-0.05, 0) is 41.9 Å². The van der Waals surface area contributed by atoms with E-state index >= 15 is 0 Å². The summed E-state index contributed by atoms with van der Waals surface area (Å²) < 4.78 is 19.1.